The van der Waals surface area contributed by atoms with Crippen LogP contribution in [-0.2, 0) is 38.7 Å². The van der Waals surface area contributed by atoms with E-state index in [2.05, 4.69) is 5.32 Å². The number of ether oxygens (including phenoxy) is 2. The zero-order valence-electron chi connectivity index (χ0n) is 21.2. The number of nitrogens with one attached hydrogen (secondary N) is 1. The van der Waals surface area contributed by atoms with Crippen molar-refractivity contribution in [2.45, 2.75) is 69.6 Å². The maximum absolute atomic E-state index is 12.9. The summed E-state index contributed by atoms with van der Waals surface area (Å²) in [5, 5.41) is 7.30. The van der Waals surface area contributed by atoms with Crippen LogP contribution in [0.1, 0.15) is 72.1 Å². The molecule has 0 unspecified atom stereocenters. The molecule has 0 atom stereocenters. The fraction of sp³-hybridized carbons (Fsp3) is 0.577. The minimum Gasteiger partial charge on any atom is -0.462 e. The molecule has 9 nitrogen and oxygen atoms in total. The standard InChI is InChI=1S/C26H35N3O6S/c1-4-29-23-21(16-26(17-27-24(23)30)11-14-34-15-12-26)22(28-29)6-5-13-35-25(31)19-7-9-20(10-8-19)36(32,33)18(2)3/h7-10,18H,4-6,11-17H2,1-3H3,(H,27,30). The van der Waals surface area contributed by atoms with Crippen LogP contribution >= 0.6 is 0 Å². The van der Waals surface area contributed by atoms with Crippen molar-refractivity contribution in [2.24, 2.45) is 5.41 Å². The van der Waals surface area contributed by atoms with Gasteiger partial charge in [-0.25, -0.2) is 13.2 Å². The molecule has 1 amide bonds. The average Bonchev–Trinajstić information content (AvgIpc) is 3.15. The van der Waals surface area contributed by atoms with Gasteiger partial charge in [0.25, 0.3) is 5.91 Å². The molecule has 36 heavy (non-hydrogen) atoms. The molecule has 1 aromatic carbocycles. The van der Waals surface area contributed by atoms with Crippen LogP contribution < -0.4 is 5.32 Å². The number of aromatic nitrogens is 2. The number of carbonyl (C=O) groups is 2. The Morgan fingerprint density at radius 2 is 1.92 bits per heavy atom. The van der Waals surface area contributed by atoms with Gasteiger partial charge >= 0.3 is 5.97 Å². The van der Waals surface area contributed by atoms with Crippen LogP contribution in [0.25, 0.3) is 0 Å². The van der Waals surface area contributed by atoms with Crippen molar-refractivity contribution in [3.63, 3.8) is 0 Å². The lowest BCUT2D eigenvalue weighted by Crippen LogP contribution is -2.40. The predicted octanol–water partition coefficient (Wildman–Crippen LogP) is 2.96. The second kappa shape index (κ2) is 10.7. The third-order valence-corrected chi connectivity index (χ3v) is 9.38. The van der Waals surface area contributed by atoms with Crippen LogP contribution in [-0.4, -0.2) is 61.7 Å². The van der Waals surface area contributed by atoms with E-state index >= 15 is 0 Å². The Morgan fingerprint density at radius 1 is 1.22 bits per heavy atom. The third kappa shape index (κ3) is 5.34. The van der Waals surface area contributed by atoms with E-state index in [1.54, 1.807) is 18.5 Å². The molecule has 10 heteroatoms. The van der Waals surface area contributed by atoms with Crippen molar-refractivity contribution in [2.75, 3.05) is 26.4 Å². The van der Waals surface area contributed by atoms with E-state index in [9.17, 15) is 18.0 Å². The van der Waals surface area contributed by atoms with Gasteiger partial charge in [-0.2, -0.15) is 5.10 Å². The number of rotatable bonds is 8. The minimum atomic E-state index is -3.39. The molecule has 0 radical (unpaired) electrons. The monoisotopic (exact) mass is 517 g/mol. The molecular weight excluding hydrogens is 482 g/mol. The zero-order valence-corrected chi connectivity index (χ0v) is 22.0. The van der Waals surface area contributed by atoms with Crippen LogP contribution in [0.3, 0.4) is 0 Å². The summed E-state index contributed by atoms with van der Waals surface area (Å²) in [5.41, 5.74) is 2.82. The minimum absolute atomic E-state index is 0.0167. The van der Waals surface area contributed by atoms with Gasteiger partial charge < -0.3 is 14.8 Å². The molecule has 0 saturated carbocycles. The van der Waals surface area contributed by atoms with E-state index in [0.717, 1.165) is 30.5 Å². The Bertz CT molecular complexity index is 1210. The summed E-state index contributed by atoms with van der Waals surface area (Å²) in [7, 11) is -3.39. The number of nitrogens with zero attached hydrogens (tertiary/aromatic N) is 2. The number of esters is 1. The van der Waals surface area contributed by atoms with E-state index in [4.69, 9.17) is 14.6 Å². The third-order valence-electron chi connectivity index (χ3n) is 7.21. The van der Waals surface area contributed by atoms with E-state index in [0.29, 0.717) is 50.4 Å². The van der Waals surface area contributed by atoms with Crippen LogP contribution in [0, 0.1) is 5.41 Å². The molecule has 4 rings (SSSR count). The first-order valence-electron chi connectivity index (χ1n) is 12.6. The van der Waals surface area contributed by atoms with Gasteiger partial charge in [0, 0.05) is 31.9 Å². The van der Waals surface area contributed by atoms with Crippen molar-refractivity contribution in [3.8, 4) is 0 Å². The lowest BCUT2D eigenvalue weighted by atomic mass is 9.75. The Kier molecular flexibility index (Phi) is 7.85. The number of amides is 1. The lowest BCUT2D eigenvalue weighted by molar-refractivity contribution is 0.0160. The largest absolute Gasteiger partial charge is 0.462 e. The molecule has 196 valence electrons. The fourth-order valence-corrected chi connectivity index (χ4v) is 5.97. The Morgan fingerprint density at radius 3 is 2.56 bits per heavy atom. The summed E-state index contributed by atoms with van der Waals surface area (Å²) >= 11 is 0. The molecule has 2 aliphatic heterocycles. The number of sulfone groups is 1. The second-order valence-corrected chi connectivity index (χ2v) is 12.4. The fourth-order valence-electron chi connectivity index (χ4n) is 4.91. The first-order valence-corrected chi connectivity index (χ1v) is 14.2. The highest BCUT2D eigenvalue weighted by Crippen LogP contribution is 2.37. The topological polar surface area (TPSA) is 117 Å². The van der Waals surface area contributed by atoms with Crippen LogP contribution in [0.15, 0.2) is 29.2 Å². The van der Waals surface area contributed by atoms with Gasteiger partial charge in [0.05, 0.1) is 28.0 Å². The Balaban J connectivity index is 1.40. The van der Waals surface area contributed by atoms with Gasteiger partial charge in [-0.15, -0.1) is 0 Å². The number of hydrogen-bond acceptors (Lipinski definition) is 7. The molecule has 2 aromatic rings. The number of fused-ring (bicyclic) bond motifs is 1. The molecule has 2 aliphatic rings. The van der Waals surface area contributed by atoms with Gasteiger partial charge in [-0.1, -0.05) is 0 Å². The Hall–Kier alpha value is -2.72. The molecule has 3 heterocycles. The van der Waals surface area contributed by atoms with E-state index < -0.39 is 21.1 Å². The quantitative estimate of drug-likeness (QED) is 0.423. The van der Waals surface area contributed by atoms with Gasteiger partial charge in [0.2, 0.25) is 0 Å². The molecule has 1 N–H and O–H groups in total. The lowest BCUT2D eigenvalue weighted by Gasteiger charge is -2.36. The van der Waals surface area contributed by atoms with Crippen molar-refractivity contribution in [3.05, 3.63) is 46.8 Å². The van der Waals surface area contributed by atoms with Crippen LogP contribution in [0.2, 0.25) is 0 Å². The zero-order chi connectivity index (χ0) is 25.9. The maximum atomic E-state index is 12.9. The first kappa shape index (κ1) is 26.3. The van der Waals surface area contributed by atoms with E-state index in [1.165, 1.54) is 24.3 Å². The molecule has 1 spiro atoms. The first-order chi connectivity index (χ1) is 17.2. The molecule has 0 bridgehead atoms. The highest BCUT2D eigenvalue weighted by Gasteiger charge is 2.39. The van der Waals surface area contributed by atoms with Crippen molar-refractivity contribution in [1.82, 2.24) is 15.1 Å². The summed E-state index contributed by atoms with van der Waals surface area (Å²) in [6.45, 7) is 8.05. The van der Waals surface area contributed by atoms with Crippen LogP contribution in [0.4, 0.5) is 0 Å². The molecular formula is C26H35N3O6S. The summed E-state index contributed by atoms with van der Waals surface area (Å²) in [6, 6.07) is 5.84. The number of benzene rings is 1. The summed E-state index contributed by atoms with van der Waals surface area (Å²) in [4.78, 5) is 25.6. The number of carbonyl (C=O) groups excluding carboxylic acids is 2. The molecule has 0 aliphatic carbocycles. The highest BCUT2D eigenvalue weighted by molar-refractivity contribution is 7.92. The van der Waals surface area contributed by atoms with Gasteiger partial charge in [-0.3, -0.25) is 9.48 Å². The Labute approximate surface area is 212 Å². The van der Waals surface area contributed by atoms with E-state index in [-0.39, 0.29) is 22.8 Å². The molecule has 1 aromatic heterocycles. The SMILES string of the molecule is CCn1nc(CCCOC(=O)c2ccc(S(=O)(=O)C(C)C)cc2)c2c1C(=O)NCC1(CCOCC1)C2. The normalized spacial score (nSPS) is 17.5. The van der Waals surface area contributed by atoms with Crippen molar-refractivity contribution < 1.29 is 27.5 Å². The van der Waals surface area contributed by atoms with Crippen molar-refractivity contribution >= 4 is 21.7 Å². The molecule has 1 saturated heterocycles. The summed E-state index contributed by atoms with van der Waals surface area (Å²) < 4.78 is 37.3. The number of aryl methyl sites for hydroxylation is 2. The van der Waals surface area contributed by atoms with Gasteiger partial charge in [0.15, 0.2) is 9.84 Å². The van der Waals surface area contributed by atoms with Gasteiger partial charge in [0.1, 0.15) is 5.69 Å². The second-order valence-electron chi connectivity index (χ2n) is 9.92. The molecule has 1 fully saturated rings. The van der Waals surface area contributed by atoms with E-state index in [1.807, 2.05) is 6.92 Å². The van der Waals surface area contributed by atoms with Crippen LogP contribution in [0.5, 0.6) is 0 Å². The van der Waals surface area contributed by atoms with Crippen molar-refractivity contribution in [1.29, 1.82) is 0 Å². The summed E-state index contributed by atoms with van der Waals surface area (Å²) in [5.74, 6) is -0.578. The predicted molar refractivity (Wildman–Crippen MR) is 134 cm³/mol. The number of hydrogen-bond donors (Lipinski definition) is 1. The average molecular weight is 518 g/mol. The smallest absolute Gasteiger partial charge is 0.338 e. The maximum Gasteiger partial charge on any atom is 0.338 e. The highest BCUT2D eigenvalue weighted by atomic mass is 32.2. The summed E-state index contributed by atoms with van der Waals surface area (Å²) in [6.07, 6.45) is 3.74. The van der Waals surface area contributed by atoms with Gasteiger partial charge in [-0.05, 0) is 82.6 Å².